The van der Waals surface area contributed by atoms with Crippen molar-refractivity contribution in [2.75, 3.05) is 13.1 Å². The van der Waals surface area contributed by atoms with Crippen LogP contribution < -0.4 is 0 Å². The van der Waals surface area contributed by atoms with E-state index in [1.165, 1.54) is 18.2 Å². The highest BCUT2D eigenvalue weighted by Gasteiger charge is 2.38. The molecular formula is C12H15F2NO3S. The van der Waals surface area contributed by atoms with Crippen LogP contribution in [0.25, 0.3) is 0 Å². The number of hydrogen-bond donors (Lipinski definition) is 1. The van der Waals surface area contributed by atoms with E-state index < -0.39 is 28.8 Å². The van der Waals surface area contributed by atoms with Crippen molar-refractivity contribution in [3.05, 3.63) is 23.8 Å². The van der Waals surface area contributed by atoms with Crippen LogP contribution in [0.4, 0.5) is 8.78 Å². The van der Waals surface area contributed by atoms with E-state index >= 15 is 0 Å². The predicted octanol–water partition coefficient (Wildman–Crippen LogP) is 2.12. The van der Waals surface area contributed by atoms with Crippen molar-refractivity contribution in [2.24, 2.45) is 0 Å². The Labute approximate surface area is 110 Å². The van der Waals surface area contributed by atoms with Crippen LogP contribution in [0.15, 0.2) is 23.1 Å². The van der Waals surface area contributed by atoms with Crippen LogP contribution in [0.5, 0.6) is 5.75 Å². The maximum absolute atomic E-state index is 13.0. The molecule has 1 aromatic rings. The van der Waals surface area contributed by atoms with E-state index in [9.17, 15) is 22.3 Å². The Kier molecular flexibility index (Phi) is 3.53. The number of benzene rings is 1. The minimum atomic E-state index is -3.76. The molecule has 0 aliphatic carbocycles. The summed E-state index contributed by atoms with van der Waals surface area (Å²) in [6.07, 6.45) is -0.910. The molecule has 1 N–H and O–H groups in total. The van der Waals surface area contributed by atoms with E-state index in [1.807, 2.05) is 0 Å². The largest absolute Gasteiger partial charge is 0.508 e. The minimum absolute atomic E-state index is 0.00382. The Bertz CT molecular complexity index is 577. The Morgan fingerprint density at radius 3 is 2.37 bits per heavy atom. The van der Waals surface area contributed by atoms with Crippen LogP contribution in [-0.2, 0) is 10.0 Å². The molecule has 1 fully saturated rings. The van der Waals surface area contributed by atoms with Gasteiger partial charge in [0, 0.05) is 25.9 Å². The summed E-state index contributed by atoms with van der Waals surface area (Å²) in [5.74, 6) is -2.78. The molecule has 1 aliphatic heterocycles. The first kappa shape index (κ1) is 14.2. The highest BCUT2D eigenvalue weighted by molar-refractivity contribution is 7.89. The minimum Gasteiger partial charge on any atom is -0.508 e. The molecular weight excluding hydrogens is 276 g/mol. The Hall–Kier alpha value is -1.21. The number of phenols is 1. The first-order chi connectivity index (χ1) is 8.72. The van der Waals surface area contributed by atoms with Crippen LogP contribution in [0.1, 0.15) is 18.4 Å². The third-order valence-electron chi connectivity index (χ3n) is 3.26. The van der Waals surface area contributed by atoms with Gasteiger partial charge in [0.15, 0.2) is 0 Å². The molecule has 0 atom stereocenters. The number of phenolic OH excluding ortho intramolecular Hbond substituents is 1. The van der Waals surface area contributed by atoms with Crippen LogP contribution >= 0.6 is 0 Å². The molecule has 1 saturated heterocycles. The fourth-order valence-electron chi connectivity index (χ4n) is 1.99. The third-order valence-corrected chi connectivity index (χ3v) is 5.15. The normalized spacial score (nSPS) is 20.4. The third kappa shape index (κ3) is 2.87. The zero-order valence-corrected chi connectivity index (χ0v) is 11.3. The highest BCUT2D eigenvalue weighted by Crippen LogP contribution is 2.31. The van der Waals surface area contributed by atoms with Gasteiger partial charge in [-0.05, 0) is 30.7 Å². The van der Waals surface area contributed by atoms with Gasteiger partial charge in [-0.1, -0.05) is 0 Å². The van der Waals surface area contributed by atoms with E-state index in [4.69, 9.17) is 0 Å². The summed E-state index contributed by atoms with van der Waals surface area (Å²) >= 11 is 0. The molecule has 1 heterocycles. The second kappa shape index (κ2) is 4.72. The number of rotatable bonds is 2. The monoisotopic (exact) mass is 291 g/mol. The molecule has 0 spiro atoms. The van der Waals surface area contributed by atoms with Gasteiger partial charge in [0.25, 0.3) is 5.92 Å². The lowest BCUT2D eigenvalue weighted by Crippen LogP contribution is -2.42. The number of aromatic hydroxyl groups is 1. The number of hydrogen-bond acceptors (Lipinski definition) is 3. The molecule has 19 heavy (non-hydrogen) atoms. The van der Waals surface area contributed by atoms with Gasteiger partial charge in [0.2, 0.25) is 10.0 Å². The van der Waals surface area contributed by atoms with Gasteiger partial charge in [0.05, 0.1) is 4.90 Å². The summed E-state index contributed by atoms with van der Waals surface area (Å²) in [5.41, 5.74) is 0.434. The van der Waals surface area contributed by atoms with Crippen molar-refractivity contribution in [2.45, 2.75) is 30.6 Å². The topological polar surface area (TPSA) is 57.6 Å². The predicted molar refractivity (Wildman–Crippen MR) is 65.8 cm³/mol. The standard InChI is InChI=1S/C12H15F2NO3S/c1-9-8-10(2-3-11(9)16)19(17,18)15-6-4-12(13,14)5-7-15/h2-3,8,16H,4-7H2,1H3. The Balaban J connectivity index is 2.25. The summed E-state index contributed by atoms with van der Waals surface area (Å²) in [6.45, 7) is 1.21. The van der Waals surface area contributed by atoms with Gasteiger partial charge in [-0.15, -0.1) is 0 Å². The van der Waals surface area contributed by atoms with Gasteiger partial charge in [-0.25, -0.2) is 17.2 Å². The van der Waals surface area contributed by atoms with Crippen LogP contribution in [0, 0.1) is 6.92 Å². The molecule has 0 unspecified atom stereocenters. The van der Waals surface area contributed by atoms with Crippen LogP contribution in [0.3, 0.4) is 0 Å². The molecule has 4 nitrogen and oxygen atoms in total. The zero-order valence-electron chi connectivity index (χ0n) is 10.4. The molecule has 0 radical (unpaired) electrons. The van der Waals surface area contributed by atoms with E-state index in [2.05, 4.69) is 0 Å². The fourth-order valence-corrected chi connectivity index (χ4v) is 3.52. The van der Waals surface area contributed by atoms with Gasteiger partial charge >= 0.3 is 0 Å². The molecule has 0 saturated carbocycles. The van der Waals surface area contributed by atoms with Crippen molar-refractivity contribution in [3.63, 3.8) is 0 Å². The number of sulfonamides is 1. The van der Waals surface area contributed by atoms with Crippen molar-refractivity contribution >= 4 is 10.0 Å². The van der Waals surface area contributed by atoms with Gasteiger partial charge in [-0.3, -0.25) is 0 Å². The molecule has 0 amide bonds. The lowest BCUT2D eigenvalue weighted by Gasteiger charge is -2.30. The SMILES string of the molecule is Cc1cc(S(=O)(=O)N2CCC(F)(F)CC2)ccc1O. The maximum atomic E-state index is 13.0. The van der Waals surface area contributed by atoms with Gasteiger partial charge < -0.3 is 5.11 Å². The second-order valence-corrected chi connectivity index (χ2v) is 6.65. The van der Waals surface area contributed by atoms with Gasteiger partial charge in [0.1, 0.15) is 5.75 Å². The molecule has 0 bridgehead atoms. The second-order valence-electron chi connectivity index (χ2n) is 4.71. The lowest BCUT2D eigenvalue weighted by atomic mass is 10.1. The average molecular weight is 291 g/mol. The number of nitrogens with zero attached hydrogens (tertiary/aromatic N) is 1. The average Bonchev–Trinajstić information content (AvgIpc) is 2.32. The van der Waals surface area contributed by atoms with Crippen molar-refractivity contribution in [3.8, 4) is 5.75 Å². The van der Waals surface area contributed by atoms with E-state index in [1.54, 1.807) is 6.92 Å². The first-order valence-corrected chi connectivity index (χ1v) is 7.34. The molecule has 1 aliphatic rings. The maximum Gasteiger partial charge on any atom is 0.250 e. The van der Waals surface area contributed by atoms with Crippen LogP contribution in [0.2, 0.25) is 0 Å². The Morgan fingerprint density at radius 1 is 1.26 bits per heavy atom. The van der Waals surface area contributed by atoms with Gasteiger partial charge in [-0.2, -0.15) is 4.31 Å². The summed E-state index contributed by atoms with van der Waals surface area (Å²) in [4.78, 5) is 0.0213. The summed E-state index contributed by atoms with van der Waals surface area (Å²) in [5, 5.41) is 9.38. The quantitative estimate of drug-likeness (QED) is 0.908. The number of alkyl halides is 2. The lowest BCUT2D eigenvalue weighted by molar-refractivity contribution is -0.0412. The molecule has 106 valence electrons. The number of halogens is 2. The highest BCUT2D eigenvalue weighted by atomic mass is 32.2. The zero-order chi connectivity index (χ0) is 14.3. The van der Waals surface area contributed by atoms with Crippen molar-refractivity contribution in [1.29, 1.82) is 0 Å². The summed E-state index contributed by atoms with van der Waals surface area (Å²) in [7, 11) is -3.76. The van der Waals surface area contributed by atoms with E-state index in [-0.39, 0.29) is 23.7 Å². The van der Waals surface area contributed by atoms with Crippen LogP contribution in [-0.4, -0.2) is 36.8 Å². The van der Waals surface area contributed by atoms with Crippen molar-refractivity contribution < 1.29 is 22.3 Å². The van der Waals surface area contributed by atoms with E-state index in [0.717, 1.165) is 4.31 Å². The Morgan fingerprint density at radius 2 is 1.84 bits per heavy atom. The first-order valence-electron chi connectivity index (χ1n) is 5.90. The fraction of sp³-hybridized carbons (Fsp3) is 0.500. The van der Waals surface area contributed by atoms with E-state index in [0.29, 0.717) is 5.56 Å². The molecule has 7 heteroatoms. The number of aryl methyl sites for hydroxylation is 1. The summed E-state index contributed by atoms with van der Waals surface area (Å²) < 4.78 is 51.6. The molecule has 1 aromatic carbocycles. The summed E-state index contributed by atoms with van der Waals surface area (Å²) in [6, 6.07) is 3.92. The molecule has 0 aromatic heterocycles. The smallest absolute Gasteiger partial charge is 0.250 e. The molecule has 2 rings (SSSR count). The number of piperidine rings is 1. The van der Waals surface area contributed by atoms with Crippen molar-refractivity contribution in [1.82, 2.24) is 4.31 Å².